The number of likely N-dealkylation sites (tertiary alicyclic amines) is 7. The number of carbonyl (C=O) groups excluding carboxylic acids is 9. The third kappa shape index (κ3) is 29.7. The Kier molecular flexibility index (Phi) is 41.7. The molecule has 6 N–H and O–H groups in total. The van der Waals surface area contributed by atoms with Crippen LogP contribution in [0.5, 0.6) is 0 Å². The Hall–Kier alpha value is -9.50. The predicted molar refractivity (Wildman–Crippen MR) is 559 cm³/mol. The minimum absolute atomic E-state index is 0.00752. The molecule has 826 valence electrons. The number of azide groups is 1. The van der Waals surface area contributed by atoms with Crippen LogP contribution < -0.4 is 5.32 Å². The van der Waals surface area contributed by atoms with Crippen LogP contribution in [0.4, 0.5) is 28.8 Å². The zero-order valence-corrected chi connectivity index (χ0v) is 91.3. The van der Waals surface area contributed by atoms with E-state index < -0.39 is 40.9 Å². The maximum absolute atomic E-state index is 12.9. The molecule has 148 heavy (non-hydrogen) atoms. The molecule has 8 unspecified atom stereocenters. The number of aliphatic hydroxyl groups excluding tert-OH is 2. The maximum atomic E-state index is 12.9. The van der Waals surface area contributed by atoms with E-state index in [-0.39, 0.29) is 76.5 Å². The van der Waals surface area contributed by atoms with Crippen LogP contribution in [-0.2, 0) is 28.8 Å². The van der Waals surface area contributed by atoms with E-state index >= 15 is 0 Å². The van der Waals surface area contributed by atoms with Gasteiger partial charge in [0, 0.05) is 203 Å². The van der Waals surface area contributed by atoms with E-state index in [2.05, 4.69) is 32.3 Å². The number of urea groups is 6. The molecule has 18 rings (SSSR count). The van der Waals surface area contributed by atoms with E-state index in [1.807, 2.05) is 71.7 Å². The van der Waals surface area contributed by atoms with Gasteiger partial charge in [-0.1, -0.05) is 161 Å². The van der Waals surface area contributed by atoms with Gasteiger partial charge in [0.1, 0.15) is 6.29 Å². The number of carbonyl (C=O) groups is 12. The van der Waals surface area contributed by atoms with Crippen molar-refractivity contribution in [1.82, 2.24) is 69.0 Å². The number of aldehydes is 1. The Morgan fingerprint density at radius 2 is 0.689 bits per heavy atom. The van der Waals surface area contributed by atoms with Crippen molar-refractivity contribution >= 4 is 72.2 Å². The average Bonchev–Trinajstić information content (AvgIpc) is 1.59. The van der Waals surface area contributed by atoms with Gasteiger partial charge in [-0.15, -0.1) is 0 Å². The minimum atomic E-state index is -2.27. The summed E-state index contributed by atoms with van der Waals surface area (Å²) >= 11 is 0. The lowest BCUT2D eigenvalue weighted by Gasteiger charge is -2.37. The van der Waals surface area contributed by atoms with Gasteiger partial charge in [0.15, 0.2) is 12.2 Å². The number of hydrogen-bond acceptors (Lipinski definition) is 17. The molecule has 14 amide bonds. The number of carboxylic acids is 3. The fourth-order valence-electron chi connectivity index (χ4n) is 31.1. The molecule has 18 fully saturated rings. The lowest BCUT2D eigenvalue weighted by atomic mass is 9.72. The number of carboxylic acid groups (broad SMARTS) is 3. The quantitative estimate of drug-likeness (QED) is 0.0230. The van der Waals surface area contributed by atoms with Crippen LogP contribution in [-0.4, -0.2) is 362 Å². The molecule has 7 saturated heterocycles. The van der Waals surface area contributed by atoms with Gasteiger partial charge < -0.3 is 94.4 Å². The summed E-state index contributed by atoms with van der Waals surface area (Å²) in [5, 5.41) is 68.4. The lowest BCUT2D eigenvalue weighted by Crippen LogP contribution is -2.51. The highest BCUT2D eigenvalue weighted by Crippen LogP contribution is 2.59. The fourth-order valence-corrected chi connectivity index (χ4v) is 31.1. The number of fused-ring (bicyclic) bond motifs is 6. The predicted octanol–water partition coefficient (Wildman–Crippen LogP) is 15.7. The second-order valence-electron chi connectivity index (χ2n) is 50.3. The molecular weight excluding hydrogens is 1890 g/mol. The van der Waals surface area contributed by atoms with Crippen LogP contribution in [0.25, 0.3) is 15.3 Å². The van der Waals surface area contributed by atoms with Crippen molar-refractivity contribution in [3.63, 3.8) is 0 Å². The molecular formula is C111H180N20O17. The summed E-state index contributed by atoms with van der Waals surface area (Å²) in [4.78, 5) is 172. The topological polar surface area (TPSA) is 461 Å². The van der Waals surface area contributed by atoms with Crippen LogP contribution in [0.3, 0.4) is 0 Å². The largest absolute Gasteiger partial charge is 0.481 e. The number of nitriles is 2. The smallest absolute Gasteiger partial charge is 0.335 e. The Labute approximate surface area is 880 Å². The molecule has 18 aliphatic rings. The first kappa shape index (κ1) is 117. The van der Waals surface area contributed by atoms with E-state index in [9.17, 15) is 67.9 Å². The van der Waals surface area contributed by atoms with E-state index in [1.165, 1.54) is 167 Å². The summed E-state index contributed by atoms with van der Waals surface area (Å²) in [6, 6.07) is 5.65. The number of rotatable bonds is 19. The molecule has 37 heteroatoms. The number of aliphatic hydroxyl groups is 2. The molecule has 0 spiro atoms. The summed E-state index contributed by atoms with van der Waals surface area (Å²) in [5.41, 5.74) is 7.60. The molecule has 11 aliphatic carbocycles. The second kappa shape index (κ2) is 52.7. The highest BCUT2D eigenvalue weighted by Gasteiger charge is 2.59. The van der Waals surface area contributed by atoms with Crippen LogP contribution in [0.1, 0.15) is 283 Å². The van der Waals surface area contributed by atoms with Crippen molar-refractivity contribution in [3.8, 4) is 12.1 Å². The van der Waals surface area contributed by atoms with Gasteiger partial charge in [0.25, 0.3) is 0 Å². The van der Waals surface area contributed by atoms with Crippen molar-refractivity contribution in [3.05, 3.63) is 21.9 Å². The Morgan fingerprint density at radius 1 is 0.399 bits per heavy atom. The fraction of sp³-hybridized carbons (Fsp3) is 0.865. The SMILES string of the molecule is CN(C)C(=O)N1C[C@@H]2CC(C#N)(CC3CCCCC3)C[C@@H]2C1.CN(C)C(=O)N1C[C@@H]2CC(C=O)(CC3CCCCC3)C[C@@H]2C1.CN(C)C(=O)N1C[C@@H]2CC(CC3CCCCC3)(C(=O)N=[N+]=[N-])C[C@@H]2C1.CN(C)C(=O)N1C[C@@H]2CC(CC3CCCCC3)(C(=O)O)C[C@@H]2C1.CN(C)C(=O)N1C[C@H]2CC(C#N)C[C@H]2C1.O=C(O)C(O)C(O)C(=O)O.[C-]#[N+][C@@H]1CCCN1C(=O)CNC1(CC2CCCCC2)C[C@H]2CN(C(=O)N(C)C)C[C@H]2C1. The highest BCUT2D eigenvalue weighted by atomic mass is 16.4. The summed E-state index contributed by atoms with van der Waals surface area (Å²) < 4.78 is 0. The minimum Gasteiger partial charge on any atom is -0.481 e. The molecule has 37 nitrogen and oxygen atoms in total. The van der Waals surface area contributed by atoms with Gasteiger partial charge in [-0.05, 0) is 227 Å². The van der Waals surface area contributed by atoms with Crippen molar-refractivity contribution < 1.29 is 83.1 Å². The van der Waals surface area contributed by atoms with Crippen LogP contribution in [0.15, 0.2) is 5.11 Å². The zero-order chi connectivity index (χ0) is 107. The van der Waals surface area contributed by atoms with Gasteiger partial charge in [-0.25, -0.2) is 44.9 Å². The van der Waals surface area contributed by atoms with Crippen LogP contribution in [0.2, 0.25) is 0 Å². The Bertz CT molecular complexity index is 4590. The lowest BCUT2D eigenvalue weighted by molar-refractivity contribution is -0.165. The first-order valence-corrected chi connectivity index (χ1v) is 56.5. The van der Waals surface area contributed by atoms with Gasteiger partial charge in [0.2, 0.25) is 11.8 Å². The third-order valence-corrected chi connectivity index (χ3v) is 38.0. The molecule has 0 aromatic heterocycles. The summed E-state index contributed by atoms with van der Waals surface area (Å²) in [6.07, 6.45) is 47.0. The number of nitrogens with one attached hydrogen (secondary N) is 1. The van der Waals surface area contributed by atoms with Crippen molar-refractivity contribution in [2.75, 3.05) is 176 Å². The van der Waals surface area contributed by atoms with E-state index in [1.54, 1.807) is 76.6 Å². The molecule has 0 bridgehead atoms. The molecule has 0 aromatic rings. The Balaban J connectivity index is 0.000000156. The average molecular weight is 2070 g/mol. The first-order valence-electron chi connectivity index (χ1n) is 56.5. The highest BCUT2D eigenvalue weighted by molar-refractivity contribution is 5.85. The van der Waals surface area contributed by atoms with E-state index in [0.29, 0.717) is 89.4 Å². The Morgan fingerprint density at radius 3 is 0.986 bits per heavy atom. The molecule has 11 saturated carbocycles. The normalized spacial score (nSPS) is 32.8. The van der Waals surface area contributed by atoms with Gasteiger partial charge >= 0.3 is 60.3 Å². The van der Waals surface area contributed by atoms with Gasteiger partial charge in [-0.3, -0.25) is 24.1 Å². The number of aliphatic carboxylic acids is 3. The molecule has 7 heterocycles. The molecule has 7 aliphatic heterocycles. The molecule has 0 radical (unpaired) electrons. The number of amides is 14. The number of nitrogens with zero attached hydrogens (tertiary/aromatic N) is 19. The number of hydrogen-bond donors (Lipinski definition) is 6. The second-order valence-corrected chi connectivity index (χ2v) is 50.3. The summed E-state index contributed by atoms with van der Waals surface area (Å²) in [5.74, 6) is 5.19. The maximum Gasteiger partial charge on any atom is 0.335 e. The zero-order valence-electron chi connectivity index (χ0n) is 91.3. The standard InChI is InChI=1S/C24H39N5O2.C18H29N5O2.C18H29N3O.C18H30N2O3.C18H30N2O2.C11H17N3O.C4H6O6/c1-25-21-10-7-11-29(21)22(30)15-26-24(12-18-8-5-4-6-9-18)13-19-16-28(17-20(19)14-24)23(31)27(2)3;1-22(2)17(25)23-11-14-9-18(10-15(14)12-23,16(24)20-21-19)8-13-6-4-3-5-7-13;1-20(2)17(22)21-11-15-9-18(13-19,10-16(15)12-21)8-14-6-4-3-5-7-14;1-19(2)17(23)20-11-14-9-18(16(21)22,10-15(14)12-20)8-13-6-4-3-5-7-13;1-19(2)17(22)20-11-15-9-18(13-21,10-16(15)12-20)8-14-6-4-3-5-7-14;1-13(2)11(15)14-6-9-3-8(5-12)4-10(9)7-14;5-1(3(7)8)2(6)4(9)10/h18-21,26H,4-17H2,2-3H3;13-15H,3-12H2,1-2H3;14-16H,3-12H2,1-2H3;13-15H,3-12H2,1-2H3,(H,21,22);13-16H,3-12H2,1-2H3;8-10H,3-4,6-7H2,1-2H3;1-2,5-6H,(H,7,8)(H,9,10)/t19-,20+,21-,24?;14-,15+,18?;15-,16+,18?;14-,15+,18?;15-,16+,18?;8?,9-,10+;/m0....../s1. The van der Waals surface area contributed by atoms with E-state index in [0.717, 1.165) is 225 Å². The van der Waals surface area contributed by atoms with Crippen molar-refractivity contribution in [1.29, 1.82) is 10.5 Å². The van der Waals surface area contributed by atoms with Gasteiger partial charge in [0.05, 0.1) is 29.5 Å². The van der Waals surface area contributed by atoms with Gasteiger partial charge in [-0.2, -0.15) is 10.5 Å². The monoisotopic (exact) mass is 2070 g/mol. The summed E-state index contributed by atoms with van der Waals surface area (Å²) in [6.45, 7) is 18.1. The molecule has 21 atom stereocenters. The van der Waals surface area contributed by atoms with Crippen molar-refractivity contribution in [2.24, 2.45) is 133 Å². The van der Waals surface area contributed by atoms with Crippen LogP contribution >= 0.6 is 0 Å². The summed E-state index contributed by atoms with van der Waals surface area (Å²) in [7, 11) is 21.6. The van der Waals surface area contributed by atoms with E-state index in [4.69, 9.17) is 37.8 Å². The van der Waals surface area contributed by atoms with Crippen LogP contribution in [0, 0.1) is 157 Å². The van der Waals surface area contributed by atoms with Crippen molar-refractivity contribution in [2.45, 2.75) is 306 Å². The molecule has 0 aromatic carbocycles. The third-order valence-electron chi connectivity index (χ3n) is 38.0. The first-order chi connectivity index (χ1) is 70.4.